The fourth-order valence-electron chi connectivity index (χ4n) is 3.04. The average molecular weight is 325 g/mol. The van der Waals surface area contributed by atoms with E-state index in [1.54, 1.807) is 15.6 Å². The molecule has 24 heavy (non-hydrogen) atoms. The van der Waals surface area contributed by atoms with Crippen LogP contribution in [-0.4, -0.2) is 43.8 Å². The van der Waals surface area contributed by atoms with Crippen molar-refractivity contribution in [3.8, 4) is 0 Å². The van der Waals surface area contributed by atoms with Gasteiger partial charge in [0.1, 0.15) is 0 Å². The molecule has 0 bridgehead atoms. The van der Waals surface area contributed by atoms with E-state index in [0.29, 0.717) is 12.1 Å². The number of nitrogens with zero attached hydrogens (tertiary/aromatic N) is 5. The smallest absolute Gasteiger partial charge is 0.257 e. The van der Waals surface area contributed by atoms with E-state index in [2.05, 4.69) is 23.2 Å². The molecule has 0 aliphatic rings. The second-order valence-electron chi connectivity index (χ2n) is 6.27. The normalized spacial score (nSPS) is 11.2. The molecule has 3 rings (SSSR count). The molecule has 3 heterocycles. The minimum Gasteiger partial charge on any atom is -0.342 e. The second kappa shape index (κ2) is 6.47. The first-order valence-electron chi connectivity index (χ1n) is 8.17. The number of carbonyl (C=O) groups excluding carboxylic acids is 1. The maximum absolute atomic E-state index is 12.7. The molecular formula is C18H23N5O. The predicted molar refractivity (Wildman–Crippen MR) is 93.2 cm³/mol. The summed E-state index contributed by atoms with van der Waals surface area (Å²) in [5.74, 6) is 0.00710. The molecule has 126 valence electrons. The molecule has 0 unspecified atom stereocenters. The van der Waals surface area contributed by atoms with Crippen molar-refractivity contribution in [2.75, 3.05) is 13.6 Å². The van der Waals surface area contributed by atoms with E-state index >= 15 is 0 Å². The van der Waals surface area contributed by atoms with Crippen LogP contribution in [0.5, 0.6) is 0 Å². The van der Waals surface area contributed by atoms with Gasteiger partial charge >= 0.3 is 0 Å². The Hall–Kier alpha value is -2.63. The van der Waals surface area contributed by atoms with Crippen LogP contribution in [0.2, 0.25) is 0 Å². The van der Waals surface area contributed by atoms with E-state index in [4.69, 9.17) is 0 Å². The number of aryl methyl sites for hydroxylation is 4. The molecule has 1 amide bonds. The van der Waals surface area contributed by atoms with E-state index < -0.39 is 0 Å². The zero-order valence-corrected chi connectivity index (χ0v) is 14.7. The van der Waals surface area contributed by atoms with E-state index in [1.165, 1.54) is 0 Å². The predicted octanol–water partition coefficient (Wildman–Crippen LogP) is 2.62. The van der Waals surface area contributed by atoms with Crippen LogP contribution in [0.1, 0.15) is 33.7 Å². The lowest BCUT2D eigenvalue weighted by Crippen LogP contribution is -2.28. The van der Waals surface area contributed by atoms with Crippen LogP contribution in [-0.2, 0) is 6.54 Å². The minimum atomic E-state index is 0.00710. The Morgan fingerprint density at radius 2 is 2.08 bits per heavy atom. The maximum Gasteiger partial charge on any atom is 0.257 e. The van der Waals surface area contributed by atoms with Crippen molar-refractivity contribution < 1.29 is 4.79 Å². The quantitative estimate of drug-likeness (QED) is 0.724. The fraction of sp³-hybridized carbons (Fsp3) is 0.389. The molecule has 0 saturated carbocycles. The number of amides is 1. The van der Waals surface area contributed by atoms with Crippen molar-refractivity contribution >= 4 is 11.4 Å². The van der Waals surface area contributed by atoms with Gasteiger partial charge < -0.3 is 4.90 Å². The number of pyridine rings is 1. The lowest BCUT2D eigenvalue weighted by atomic mass is 10.1. The number of aromatic nitrogens is 4. The van der Waals surface area contributed by atoms with Crippen LogP contribution in [0.25, 0.3) is 5.52 Å². The van der Waals surface area contributed by atoms with E-state index in [9.17, 15) is 4.79 Å². The Kier molecular flexibility index (Phi) is 4.38. The van der Waals surface area contributed by atoms with Gasteiger partial charge in [0.25, 0.3) is 5.91 Å². The van der Waals surface area contributed by atoms with Gasteiger partial charge in [-0.2, -0.15) is 10.2 Å². The molecule has 0 fully saturated rings. The van der Waals surface area contributed by atoms with E-state index in [0.717, 1.165) is 35.4 Å². The Bertz CT molecular complexity index is 877. The first kappa shape index (κ1) is 16.2. The Balaban J connectivity index is 1.67. The largest absolute Gasteiger partial charge is 0.342 e. The first-order valence-corrected chi connectivity index (χ1v) is 8.17. The number of carbonyl (C=O) groups is 1. The van der Waals surface area contributed by atoms with E-state index in [-0.39, 0.29) is 5.91 Å². The highest BCUT2D eigenvalue weighted by Gasteiger charge is 2.18. The molecule has 0 saturated heterocycles. The Labute approximate surface area is 141 Å². The van der Waals surface area contributed by atoms with Crippen LogP contribution in [0.3, 0.4) is 0 Å². The van der Waals surface area contributed by atoms with Gasteiger partial charge in [0, 0.05) is 32.0 Å². The molecule has 0 aliphatic heterocycles. The molecule has 0 N–H and O–H groups in total. The highest BCUT2D eigenvalue weighted by Crippen LogP contribution is 2.17. The molecular weight excluding hydrogens is 302 g/mol. The van der Waals surface area contributed by atoms with E-state index in [1.807, 2.05) is 43.9 Å². The van der Waals surface area contributed by atoms with Crippen molar-refractivity contribution in [2.45, 2.75) is 33.7 Å². The highest BCUT2D eigenvalue weighted by molar-refractivity contribution is 6.01. The summed E-state index contributed by atoms with van der Waals surface area (Å²) in [5, 5.41) is 8.73. The summed E-state index contributed by atoms with van der Waals surface area (Å²) < 4.78 is 3.75. The van der Waals surface area contributed by atoms with Gasteiger partial charge in [0.2, 0.25) is 0 Å². The molecule has 6 nitrogen and oxygen atoms in total. The van der Waals surface area contributed by atoms with Gasteiger partial charge in [0.05, 0.1) is 23.0 Å². The average Bonchev–Trinajstić information content (AvgIpc) is 3.11. The van der Waals surface area contributed by atoms with Crippen LogP contribution in [0.15, 0.2) is 30.6 Å². The van der Waals surface area contributed by atoms with Gasteiger partial charge in [-0.15, -0.1) is 0 Å². The Morgan fingerprint density at radius 3 is 2.79 bits per heavy atom. The van der Waals surface area contributed by atoms with Gasteiger partial charge in [-0.25, -0.2) is 4.52 Å². The van der Waals surface area contributed by atoms with Crippen LogP contribution >= 0.6 is 0 Å². The number of hydrogen-bond donors (Lipinski definition) is 0. The molecule has 0 atom stereocenters. The lowest BCUT2D eigenvalue weighted by molar-refractivity contribution is 0.0793. The molecule has 0 radical (unpaired) electrons. The van der Waals surface area contributed by atoms with Crippen molar-refractivity contribution in [3.63, 3.8) is 0 Å². The number of fused-ring (bicyclic) bond motifs is 1. The SMILES string of the molecule is Cc1cc(C)n(CCCN(C)C(=O)c2cnn3cccc(C)c23)n1. The molecule has 0 spiro atoms. The van der Waals surface area contributed by atoms with Gasteiger partial charge in [-0.05, 0) is 44.9 Å². The first-order chi connectivity index (χ1) is 11.5. The molecule has 0 aromatic carbocycles. The van der Waals surface area contributed by atoms with Crippen molar-refractivity contribution in [3.05, 3.63) is 53.1 Å². The maximum atomic E-state index is 12.7. The summed E-state index contributed by atoms with van der Waals surface area (Å²) in [7, 11) is 1.84. The third kappa shape index (κ3) is 3.04. The van der Waals surface area contributed by atoms with Crippen molar-refractivity contribution in [1.29, 1.82) is 0 Å². The second-order valence-corrected chi connectivity index (χ2v) is 6.27. The zero-order valence-electron chi connectivity index (χ0n) is 14.7. The summed E-state index contributed by atoms with van der Waals surface area (Å²) in [6.07, 6.45) is 4.38. The molecule has 6 heteroatoms. The highest BCUT2D eigenvalue weighted by atomic mass is 16.2. The summed E-state index contributed by atoms with van der Waals surface area (Å²) in [4.78, 5) is 14.5. The summed E-state index contributed by atoms with van der Waals surface area (Å²) in [5.41, 5.74) is 4.77. The van der Waals surface area contributed by atoms with Gasteiger partial charge in [-0.3, -0.25) is 9.48 Å². The van der Waals surface area contributed by atoms with Crippen molar-refractivity contribution in [2.24, 2.45) is 0 Å². The summed E-state index contributed by atoms with van der Waals surface area (Å²) in [6, 6.07) is 6.00. The van der Waals surface area contributed by atoms with Crippen LogP contribution < -0.4 is 0 Å². The summed E-state index contributed by atoms with van der Waals surface area (Å²) in [6.45, 7) is 7.53. The lowest BCUT2D eigenvalue weighted by Gasteiger charge is -2.17. The molecule has 0 aliphatic carbocycles. The third-order valence-corrected chi connectivity index (χ3v) is 4.29. The minimum absolute atomic E-state index is 0.00710. The summed E-state index contributed by atoms with van der Waals surface area (Å²) >= 11 is 0. The number of hydrogen-bond acceptors (Lipinski definition) is 3. The van der Waals surface area contributed by atoms with Crippen molar-refractivity contribution in [1.82, 2.24) is 24.3 Å². The van der Waals surface area contributed by atoms with Crippen LogP contribution in [0, 0.1) is 20.8 Å². The zero-order chi connectivity index (χ0) is 17.3. The topological polar surface area (TPSA) is 55.4 Å². The van der Waals surface area contributed by atoms with Crippen LogP contribution in [0.4, 0.5) is 0 Å². The number of rotatable bonds is 5. The Morgan fingerprint density at radius 1 is 1.29 bits per heavy atom. The monoisotopic (exact) mass is 325 g/mol. The van der Waals surface area contributed by atoms with Gasteiger partial charge in [-0.1, -0.05) is 6.07 Å². The molecule has 3 aromatic heterocycles. The third-order valence-electron chi connectivity index (χ3n) is 4.29. The van der Waals surface area contributed by atoms with Gasteiger partial charge in [0.15, 0.2) is 0 Å². The fourth-order valence-corrected chi connectivity index (χ4v) is 3.04. The molecule has 3 aromatic rings. The standard InChI is InChI=1S/C18H23N5O/c1-13-7-5-9-23-17(13)16(12-19-23)18(24)21(4)8-6-10-22-15(3)11-14(2)20-22/h5,7,9,11-12H,6,8,10H2,1-4H3.